The Labute approximate surface area is 148 Å². The smallest absolute Gasteiger partial charge is 0.223 e. The van der Waals surface area contributed by atoms with Crippen LogP contribution in [0.2, 0.25) is 0 Å². The first-order valence-corrected chi connectivity index (χ1v) is 8.47. The molecule has 0 spiro atoms. The van der Waals surface area contributed by atoms with Crippen molar-refractivity contribution in [3.63, 3.8) is 0 Å². The van der Waals surface area contributed by atoms with E-state index in [1.165, 1.54) is 6.07 Å². The van der Waals surface area contributed by atoms with Gasteiger partial charge in [-0.15, -0.1) is 0 Å². The molecule has 2 rings (SSSR count). The summed E-state index contributed by atoms with van der Waals surface area (Å²) in [7, 11) is 0. The first kappa shape index (κ1) is 18.9. The SMILES string of the molecule is CC(OCCCNC(=O)CCOc1ccccc1F)c1ccccc1. The highest BCUT2D eigenvalue weighted by Crippen LogP contribution is 2.16. The maximum Gasteiger partial charge on any atom is 0.223 e. The Morgan fingerprint density at radius 3 is 2.56 bits per heavy atom. The lowest BCUT2D eigenvalue weighted by Gasteiger charge is -2.13. The summed E-state index contributed by atoms with van der Waals surface area (Å²) in [6.45, 7) is 3.27. The monoisotopic (exact) mass is 345 g/mol. The van der Waals surface area contributed by atoms with Crippen LogP contribution in [0.3, 0.4) is 0 Å². The molecule has 0 aliphatic rings. The van der Waals surface area contributed by atoms with E-state index in [-0.39, 0.29) is 30.8 Å². The van der Waals surface area contributed by atoms with Crippen LogP contribution >= 0.6 is 0 Å². The number of carbonyl (C=O) groups is 1. The molecular weight excluding hydrogens is 321 g/mol. The summed E-state index contributed by atoms with van der Waals surface area (Å²) in [5.74, 6) is -0.376. The summed E-state index contributed by atoms with van der Waals surface area (Å²) < 4.78 is 24.3. The molecule has 1 N–H and O–H groups in total. The van der Waals surface area contributed by atoms with Gasteiger partial charge in [0.05, 0.1) is 19.1 Å². The van der Waals surface area contributed by atoms with Crippen molar-refractivity contribution in [3.8, 4) is 5.75 Å². The fraction of sp³-hybridized carbons (Fsp3) is 0.350. The third-order valence-electron chi connectivity index (χ3n) is 3.70. The molecule has 4 nitrogen and oxygen atoms in total. The molecule has 134 valence electrons. The number of amides is 1. The Hall–Kier alpha value is -2.40. The van der Waals surface area contributed by atoms with Crippen LogP contribution in [0.4, 0.5) is 4.39 Å². The molecular formula is C20H24FNO3. The van der Waals surface area contributed by atoms with Gasteiger partial charge in [-0.2, -0.15) is 0 Å². The van der Waals surface area contributed by atoms with Crippen molar-refractivity contribution in [2.24, 2.45) is 0 Å². The summed E-state index contributed by atoms with van der Waals surface area (Å²) in [4.78, 5) is 11.7. The molecule has 1 amide bonds. The molecule has 1 atom stereocenters. The summed E-state index contributed by atoms with van der Waals surface area (Å²) in [6, 6.07) is 16.2. The van der Waals surface area contributed by atoms with E-state index in [0.29, 0.717) is 13.2 Å². The average molecular weight is 345 g/mol. The third kappa shape index (κ3) is 6.93. The van der Waals surface area contributed by atoms with Crippen LogP contribution in [0.1, 0.15) is 31.4 Å². The first-order chi connectivity index (χ1) is 12.2. The number of nitrogens with one attached hydrogen (secondary N) is 1. The number of ether oxygens (including phenoxy) is 2. The average Bonchev–Trinajstić information content (AvgIpc) is 2.63. The predicted octanol–water partition coefficient (Wildman–Crippen LogP) is 3.88. The lowest BCUT2D eigenvalue weighted by molar-refractivity contribution is -0.121. The Balaban J connectivity index is 1.53. The van der Waals surface area contributed by atoms with Crippen molar-refractivity contribution in [1.82, 2.24) is 5.32 Å². The van der Waals surface area contributed by atoms with Gasteiger partial charge in [0, 0.05) is 13.2 Å². The van der Waals surface area contributed by atoms with E-state index in [0.717, 1.165) is 12.0 Å². The second kappa shape index (κ2) is 10.5. The minimum Gasteiger partial charge on any atom is -0.490 e. The Kier molecular flexibility index (Phi) is 7.92. The number of para-hydroxylation sites is 1. The predicted molar refractivity (Wildman–Crippen MR) is 94.9 cm³/mol. The van der Waals surface area contributed by atoms with Crippen LogP contribution in [-0.4, -0.2) is 25.7 Å². The van der Waals surface area contributed by atoms with E-state index in [1.807, 2.05) is 37.3 Å². The highest BCUT2D eigenvalue weighted by Gasteiger charge is 2.06. The fourth-order valence-corrected chi connectivity index (χ4v) is 2.28. The van der Waals surface area contributed by atoms with Gasteiger partial charge in [0.1, 0.15) is 0 Å². The number of carbonyl (C=O) groups excluding carboxylic acids is 1. The topological polar surface area (TPSA) is 47.6 Å². The van der Waals surface area contributed by atoms with Crippen LogP contribution in [0, 0.1) is 5.82 Å². The third-order valence-corrected chi connectivity index (χ3v) is 3.70. The van der Waals surface area contributed by atoms with Crippen LogP contribution in [-0.2, 0) is 9.53 Å². The van der Waals surface area contributed by atoms with Gasteiger partial charge in [-0.25, -0.2) is 4.39 Å². The van der Waals surface area contributed by atoms with Gasteiger partial charge < -0.3 is 14.8 Å². The van der Waals surface area contributed by atoms with Crippen molar-refractivity contribution >= 4 is 5.91 Å². The molecule has 2 aromatic carbocycles. The molecule has 0 fully saturated rings. The summed E-state index contributed by atoms with van der Waals surface area (Å²) in [5, 5.41) is 2.80. The second-order valence-corrected chi connectivity index (χ2v) is 5.66. The highest BCUT2D eigenvalue weighted by atomic mass is 19.1. The Morgan fingerprint density at radius 1 is 1.08 bits per heavy atom. The molecule has 1 unspecified atom stereocenters. The standard InChI is InChI=1S/C20H24FNO3/c1-16(17-8-3-2-4-9-17)24-14-7-13-22-20(23)12-15-25-19-11-6-5-10-18(19)21/h2-6,8-11,16H,7,12-15H2,1H3,(H,22,23). The van der Waals surface area contributed by atoms with Gasteiger partial charge in [0.25, 0.3) is 0 Å². The number of hydrogen-bond acceptors (Lipinski definition) is 3. The summed E-state index contributed by atoms with van der Waals surface area (Å²) in [6.07, 6.45) is 0.957. The van der Waals surface area contributed by atoms with E-state index in [1.54, 1.807) is 18.2 Å². The quantitative estimate of drug-likeness (QED) is 0.665. The van der Waals surface area contributed by atoms with E-state index >= 15 is 0 Å². The van der Waals surface area contributed by atoms with Crippen molar-refractivity contribution in [2.75, 3.05) is 19.8 Å². The molecule has 2 aromatic rings. The zero-order valence-electron chi connectivity index (χ0n) is 14.4. The lowest BCUT2D eigenvalue weighted by atomic mass is 10.1. The number of benzene rings is 2. The van der Waals surface area contributed by atoms with Crippen molar-refractivity contribution in [2.45, 2.75) is 25.9 Å². The lowest BCUT2D eigenvalue weighted by Crippen LogP contribution is -2.26. The highest BCUT2D eigenvalue weighted by molar-refractivity contribution is 5.75. The number of hydrogen-bond donors (Lipinski definition) is 1. The van der Waals surface area contributed by atoms with Crippen molar-refractivity contribution in [1.29, 1.82) is 0 Å². The van der Waals surface area contributed by atoms with Crippen LogP contribution < -0.4 is 10.1 Å². The zero-order valence-corrected chi connectivity index (χ0v) is 14.4. The van der Waals surface area contributed by atoms with Crippen molar-refractivity contribution < 1.29 is 18.7 Å². The van der Waals surface area contributed by atoms with E-state index < -0.39 is 5.82 Å². The molecule has 0 saturated heterocycles. The largest absolute Gasteiger partial charge is 0.490 e. The van der Waals surface area contributed by atoms with Gasteiger partial charge in [0.15, 0.2) is 11.6 Å². The maximum atomic E-state index is 13.3. The zero-order chi connectivity index (χ0) is 17.9. The van der Waals surface area contributed by atoms with Gasteiger partial charge in [-0.1, -0.05) is 42.5 Å². The minimum atomic E-state index is -0.424. The molecule has 0 heterocycles. The van der Waals surface area contributed by atoms with Gasteiger partial charge in [-0.05, 0) is 31.0 Å². The molecule has 0 aliphatic carbocycles. The number of halogens is 1. The van der Waals surface area contributed by atoms with Gasteiger partial charge >= 0.3 is 0 Å². The van der Waals surface area contributed by atoms with Crippen molar-refractivity contribution in [3.05, 3.63) is 66.0 Å². The van der Waals surface area contributed by atoms with Crippen LogP contribution in [0.5, 0.6) is 5.75 Å². The molecule has 25 heavy (non-hydrogen) atoms. The summed E-state index contributed by atoms with van der Waals surface area (Å²) in [5.41, 5.74) is 1.14. The van der Waals surface area contributed by atoms with Crippen LogP contribution in [0.25, 0.3) is 0 Å². The molecule has 0 aliphatic heterocycles. The van der Waals surface area contributed by atoms with E-state index in [9.17, 15) is 9.18 Å². The molecule has 0 aromatic heterocycles. The van der Waals surface area contributed by atoms with Gasteiger partial charge in [-0.3, -0.25) is 4.79 Å². The van der Waals surface area contributed by atoms with E-state index in [4.69, 9.17) is 9.47 Å². The van der Waals surface area contributed by atoms with Crippen LogP contribution in [0.15, 0.2) is 54.6 Å². The Morgan fingerprint density at radius 2 is 1.80 bits per heavy atom. The number of rotatable bonds is 10. The molecule has 0 radical (unpaired) electrons. The summed E-state index contributed by atoms with van der Waals surface area (Å²) >= 11 is 0. The molecule has 0 bridgehead atoms. The Bertz CT molecular complexity index is 648. The first-order valence-electron chi connectivity index (χ1n) is 8.47. The normalized spacial score (nSPS) is 11.8. The van der Waals surface area contributed by atoms with Gasteiger partial charge in [0.2, 0.25) is 5.91 Å². The maximum absolute atomic E-state index is 13.3. The van der Waals surface area contributed by atoms with E-state index in [2.05, 4.69) is 5.32 Å². The molecule has 5 heteroatoms. The molecule has 0 saturated carbocycles. The second-order valence-electron chi connectivity index (χ2n) is 5.66. The fourth-order valence-electron chi connectivity index (χ4n) is 2.28. The minimum absolute atomic E-state index is 0.0334.